The van der Waals surface area contributed by atoms with E-state index in [1.54, 1.807) is 20.1 Å². The summed E-state index contributed by atoms with van der Waals surface area (Å²) in [5.41, 5.74) is 2.57. The maximum atomic E-state index is 11.8. The minimum Gasteiger partial charge on any atom is -0.495 e. The van der Waals surface area contributed by atoms with Crippen LogP contribution in [0.4, 0.5) is 11.6 Å². The Kier molecular flexibility index (Phi) is 4.24. The number of aryl methyl sites for hydroxylation is 2. The van der Waals surface area contributed by atoms with Gasteiger partial charge in [0.1, 0.15) is 5.75 Å². The first kappa shape index (κ1) is 13.9. The lowest BCUT2D eigenvalue weighted by atomic mass is 10.2. The zero-order valence-electron chi connectivity index (χ0n) is 11.7. The van der Waals surface area contributed by atoms with Gasteiger partial charge in [0.05, 0.1) is 25.0 Å². The van der Waals surface area contributed by atoms with Crippen LogP contribution in [0.25, 0.3) is 0 Å². The van der Waals surface area contributed by atoms with Crippen LogP contribution in [0, 0.1) is 13.8 Å². The van der Waals surface area contributed by atoms with Crippen molar-refractivity contribution in [2.75, 3.05) is 24.3 Å². The average Bonchev–Trinajstić information content (AvgIpc) is 2.82. The number of hydrogen-bond acceptors (Lipinski definition) is 5. The molecule has 0 radical (unpaired) electrons. The number of anilines is 2. The Balaban J connectivity index is 1.94. The number of carbonyl (C=O) groups excluding carboxylic acids is 1. The molecule has 2 N–H and O–H groups in total. The van der Waals surface area contributed by atoms with Crippen molar-refractivity contribution in [1.82, 2.24) is 5.16 Å². The van der Waals surface area contributed by atoms with Crippen LogP contribution in [-0.2, 0) is 4.79 Å². The monoisotopic (exact) mass is 275 g/mol. The van der Waals surface area contributed by atoms with E-state index in [9.17, 15) is 4.79 Å². The highest BCUT2D eigenvalue weighted by molar-refractivity contribution is 5.92. The van der Waals surface area contributed by atoms with Gasteiger partial charge in [-0.25, -0.2) is 0 Å². The van der Waals surface area contributed by atoms with E-state index in [2.05, 4.69) is 15.8 Å². The van der Waals surface area contributed by atoms with Crippen LogP contribution in [0.1, 0.15) is 11.3 Å². The summed E-state index contributed by atoms with van der Waals surface area (Å²) >= 11 is 0. The fourth-order valence-corrected chi connectivity index (χ4v) is 1.74. The smallest absolute Gasteiger partial charge is 0.246 e. The number of amides is 1. The zero-order valence-corrected chi connectivity index (χ0v) is 11.7. The van der Waals surface area contributed by atoms with Crippen molar-refractivity contribution >= 4 is 17.5 Å². The molecule has 0 atom stereocenters. The molecule has 0 aliphatic heterocycles. The summed E-state index contributed by atoms with van der Waals surface area (Å²) in [6, 6.07) is 7.38. The molecular weight excluding hydrogens is 258 g/mol. The fraction of sp³-hybridized carbons (Fsp3) is 0.286. The van der Waals surface area contributed by atoms with Crippen molar-refractivity contribution in [3.63, 3.8) is 0 Å². The Morgan fingerprint density at radius 3 is 2.80 bits per heavy atom. The van der Waals surface area contributed by atoms with Crippen molar-refractivity contribution in [3.8, 4) is 5.75 Å². The molecule has 6 heteroatoms. The Bertz CT molecular complexity index is 607. The number of aromatic nitrogens is 1. The van der Waals surface area contributed by atoms with Gasteiger partial charge in [-0.05, 0) is 31.5 Å². The molecule has 20 heavy (non-hydrogen) atoms. The summed E-state index contributed by atoms with van der Waals surface area (Å²) in [6.45, 7) is 3.87. The third-order valence-electron chi connectivity index (χ3n) is 2.68. The third-order valence-corrected chi connectivity index (χ3v) is 2.68. The lowest BCUT2D eigenvalue weighted by molar-refractivity contribution is -0.114. The molecular formula is C14H17N3O3. The van der Waals surface area contributed by atoms with Crippen molar-refractivity contribution < 1.29 is 14.1 Å². The zero-order chi connectivity index (χ0) is 14.5. The number of nitrogens with zero attached hydrogens (tertiary/aromatic N) is 1. The van der Waals surface area contributed by atoms with Gasteiger partial charge in [0.15, 0.2) is 0 Å². The summed E-state index contributed by atoms with van der Waals surface area (Å²) in [7, 11) is 1.59. The van der Waals surface area contributed by atoms with Gasteiger partial charge in [0, 0.05) is 6.07 Å². The van der Waals surface area contributed by atoms with E-state index in [1.165, 1.54) is 0 Å². The first-order valence-electron chi connectivity index (χ1n) is 6.20. The number of hydrogen-bond donors (Lipinski definition) is 2. The fourth-order valence-electron chi connectivity index (χ4n) is 1.74. The quantitative estimate of drug-likeness (QED) is 0.876. The molecule has 2 rings (SSSR count). The van der Waals surface area contributed by atoms with E-state index in [4.69, 9.17) is 9.26 Å². The summed E-state index contributed by atoms with van der Waals surface area (Å²) in [5, 5.41) is 9.34. The van der Waals surface area contributed by atoms with Gasteiger partial charge in [-0.1, -0.05) is 11.2 Å². The third kappa shape index (κ3) is 3.50. The maximum Gasteiger partial charge on any atom is 0.246 e. The highest BCUT2D eigenvalue weighted by atomic mass is 16.5. The van der Waals surface area contributed by atoms with Gasteiger partial charge in [-0.3, -0.25) is 10.1 Å². The van der Waals surface area contributed by atoms with Crippen LogP contribution in [0.15, 0.2) is 28.8 Å². The molecule has 1 heterocycles. The first-order chi connectivity index (χ1) is 9.58. The number of nitrogens with one attached hydrogen (secondary N) is 2. The summed E-state index contributed by atoms with van der Waals surface area (Å²) in [6.07, 6.45) is 0. The number of carbonyl (C=O) groups is 1. The largest absolute Gasteiger partial charge is 0.495 e. The molecule has 0 spiro atoms. The molecule has 2 aromatic rings. The van der Waals surface area contributed by atoms with Gasteiger partial charge in [-0.15, -0.1) is 0 Å². The van der Waals surface area contributed by atoms with Gasteiger partial charge in [-0.2, -0.15) is 0 Å². The van der Waals surface area contributed by atoms with E-state index in [0.717, 1.165) is 11.3 Å². The lowest BCUT2D eigenvalue weighted by Crippen LogP contribution is -2.21. The van der Waals surface area contributed by atoms with Crippen molar-refractivity contribution in [1.29, 1.82) is 0 Å². The Morgan fingerprint density at radius 2 is 2.15 bits per heavy atom. The van der Waals surface area contributed by atoms with Gasteiger partial charge >= 0.3 is 0 Å². The van der Waals surface area contributed by atoms with Crippen molar-refractivity contribution in [2.24, 2.45) is 0 Å². The molecule has 106 valence electrons. The minimum absolute atomic E-state index is 0.111. The van der Waals surface area contributed by atoms with Crippen LogP contribution >= 0.6 is 0 Å². The van der Waals surface area contributed by atoms with Gasteiger partial charge in [0.25, 0.3) is 0 Å². The molecule has 0 fully saturated rings. The Hall–Kier alpha value is -2.50. The second-order valence-corrected chi connectivity index (χ2v) is 4.44. The molecule has 0 saturated carbocycles. The van der Waals surface area contributed by atoms with E-state index < -0.39 is 0 Å². The van der Waals surface area contributed by atoms with E-state index in [1.807, 2.05) is 25.1 Å². The molecule has 0 bridgehead atoms. The molecule has 0 aliphatic rings. The molecule has 1 amide bonds. The van der Waals surface area contributed by atoms with Crippen LogP contribution in [0.3, 0.4) is 0 Å². The Labute approximate surface area is 117 Å². The second kappa shape index (κ2) is 6.10. The summed E-state index contributed by atoms with van der Waals surface area (Å²) in [5.74, 6) is 0.814. The van der Waals surface area contributed by atoms with E-state index >= 15 is 0 Å². The van der Waals surface area contributed by atoms with Gasteiger partial charge < -0.3 is 14.6 Å². The molecule has 1 aromatic carbocycles. The first-order valence-corrected chi connectivity index (χ1v) is 6.20. The minimum atomic E-state index is -0.218. The number of methoxy groups -OCH3 is 1. The summed E-state index contributed by atoms with van der Waals surface area (Å²) < 4.78 is 10.1. The molecule has 0 saturated heterocycles. The normalized spacial score (nSPS) is 10.2. The predicted molar refractivity (Wildman–Crippen MR) is 76.1 cm³/mol. The average molecular weight is 275 g/mol. The molecule has 1 aromatic heterocycles. The molecule has 6 nitrogen and oxygen atoms in total. The van der Waals surface area contributed by atoms with Gasteiger partial charge in [0.2, 0.25) is 11.8 Å². The van der Waals surface area contributed by atoms with Crippen molar-refractivity contribution in [3.05, 3.63) is 35.5 Å². The Morgan fingerprint density at radius 1 is 1.35 bits per heavy atom. The van der Waals surface area contributed by atoms with Crippen LogP contribution in [-0.4, -0.2) is 24.7 Å². The standard InChI is InChI=1S/C14H17N3O3/c1-9-4-5-12(19-3)11(6-9)15-8-13(18)16-14-7-10(2)17-20-14/h4-7,15H,8H2,1-3H3,(H,16,18). The van der Waals surface area contributed by atoms with E-state index in [-0.39, 0.29) is 12.5 Å². The number of rotatable bonds is 5. The number of benzene rings is 1. The molecule has 0 unspecified atom stereocenters. The van der Waals surface area contributed by atoms with Crippen molar-refractivity contribution in [2.45, 2.75) is 13.8 Å². The predicted octanol–water partition coefficient (Wildman–Crippen LogP) is 2.35. The van der Waals surface area contributed by atoms with Crippen LogP contribution < -0.4 is 15.4 Å². The highest BCUT2D eigenvalue weighted by Crippen LogP contribution is 2.24. The topological polar surface area (TPSA) is 76.4 Å². The van der Waals surface area contributed by atoms with Crippen LogP contribution in [0.2, 0.25) is 0 Å². The highest BCUT2D eigenvalue weighted by Gasteiger charge is 2.08. The molecule has 0 aliphatic carbocycles. The van der Waals surface area contributed by atoms with Crippen LogP contribution in [0.5, 0.6) is 5.75 Å². The number of ether oxygens (including phenoxy) is 1. The van der Waals surface area contributed by atoms with E-state index in [0.29, 0.717) is 17.3 Å². The maximum absolute atomic E-state index is 11.8. The SMILES string of the molecule is COc1ccc(C)cc1NCC(=O)Nc1cc(C)no1. The lowest BCUT2D eigenvalue weighted by Gasteiger charge is -2.11. The summed E-state index contributed by atoms with van der Waals surface area (Å²) in [4.78, 5) is 11.8. The second-order valence-electron chi connectivity index (χ2n) is 4.44.